The van der Waals surface area contributed by atoms with E-state index in [9.17, 15) is 0 Å². The third kappa shape index (κ3) is 2.27. The number of aromatic nitrogens is 2. The van der Waals surface area contributed by atoms with Crippen LogP contribution in [0.2, 0.25) is 0 Å². The van der Waals surface area contributed by atoms with E-state index in [0.29, 0.717) is 0 Å². The highest BCUT2D eigenvalue weighted by molar-refractivity contribution is 5.78. The zero-order chi connectivity index (χ0) is 14.9. The lowest BCUT2D eigenvalue weighted by atomic mass is 10.0. The fourth-order valence-corrected chi connectivity index (χ4v) is 2.61. The van der Waals surface area contributed by atoms with Gasteiger partial charge in [-0.15, -0.1) is 0 Å². The quantitative estimate of drug-likeness (QED) is 0.528. The molecule has 0 aliphatic carbocycles. The van der Waals surface area contributed by atoms with E-state index >= 15 is 0 Å². The first-order valence-electron chi connectivity index (χ1n) is 7.17. The third-order valence-electron chi connectivity index (χ3n) is 3.63. The number of hydrogen-bond acceptors (Lipinski definition) is 3. The number of rotatable bonds is 2. The first-order chi connectivity index (χ1) is 10.8. The Morgan fingerprint density at radius 2 is 1.68 bits per heavy atom. The van der Waals surface area contributed by atoms with E-state index in [2.05, 4.69) is 30.1 Å². The van der Waals surface area contributed by atoms with Gasteiger partial charge >= 0.3 is 0 Å². The number of hydrogen-bond donors (Lipinski definition) is 0. The molecule has 3 nitrogen and oxygen atoms in total. The average molecular weight is 286 g/mol. The largest absolute Gasteiger partial charge is 0.464 e. The summed E-state index contributed by atoms with van der Waals surface area (Å²) >= 11 is 0. The fourth-order valence-electron chi connectivity index (χ4n) is 2.61. The van der Waals surface area contributed by atoms with Gasteiger partial charge in [-0.1, -0.05) is 12.1 Å². The summed E-state index contributed by atoms with van der Waals surface area (Å²) in [7, 11) is 0. The Bertz CT molecular complexity index is 943. The molecule has 0 spiro atoms. The summed E-state index contributed by atoms with van der Waals surface area (Å²) in [5.74, 6) is 0.860. The Morgan fingerprint density at radius 3 is 2.50 bits per heavy atom. The van der Waals surface area contributed by atoms with Crippen molar-refractivity contribution < 1.29 is 4.42 Å². The van der Waals surface area contributed by atoms with Gasteiger partial charge in [0.05, 0.1) is 29.2 Å². The molecule has 0 bridgehead atoms. The molecular formula is C19H14N2O. The molecule has 22 heavy (non-hydrogen) atoms. The van der Waals surface area contributed by atoms with Gasteiger partial charge in [0.15, 0.2) is 0 Å². The molecule has 0 aliphatic rings. The highest BCUT2D eigenvalue weighted by atomic mass is 16.3. The first kappa shape index (κ1) is 12.8. The van der Waals surface area contributed by atoms with E-state index in [-0.39, 0.29) is 0 Å². The van der Waals surface area contributed by atoms with Crippen LogP contribution in [0.25, 0.3) is 33.6 Å². The molecule has 0 aliphatic heterocycles. The van der Waals surface area contributed by atoms with Crippen LogP contribution in [-0.4, -0.2) is 9.97 Å². The second kappa shape index (κ2) is 5.11. The van der Waals surface area contributed by atoms with Crippen LogP contribution in [0.5, 0.6) is 0 Å². The lowest BCUT2D eigenvalue weighted by Crippen LogP contribution is -1.90. The van der Waals surface area contributed by atoms with Gasteiger partial charge in [0.2, 0.25) is 0 Å². The molecule has 106 valence electrons. The molecule has 0 N–H and O–H groups in total. The minimum atomic E-state index is 0.860. The average Bonchev–Trinajstić information content (AvgIpc) is 3.08. The van der Waals surface area contributed by atoms with Gasteiger partial charge in [0, 0.05) is 11.1 Å². The number of nitrogens with zero attached hydrogens (tertiary/aromatic N) is 2. The number of aryl methyl sites for hydroxylation is 1. The fraction of sp³-hybridized carbons (Fsp3) is 0.0526. The van der Waals surface area contributed by atoms with Crippen LogP contribution in [0.15, 0.2) is 71.5 Å². The van der Waals surface area contributed by atoms with Crippen molar-refractivity contribution in [1.29, 1.82) is 0 Å². The van der Waals surface area contributed by atoms with Gasteiger partial charge in [-0.05, 0) is 55.0 Å². The standard InChI is InChI=1S/C19H14N2O/c1-13-9-14(11-15(10-13)19-7-4-8-22-19)18-12-20-16-5-2-3-6-17(16)21-18/h2-12H,1H3. The summed E-state index contributed by atoms with van der Waals surface area (Å²) in [5.41, 5.74) is 5.94. The second-order valence-corrected chi connectivity index (χ2v) is 5.31. The van der Waals surface area contributed by atoms with Crippen LogP contribution < -0.4 is 0 Å². The molecule has 0 saturated carbocycles. The van der Waals surface area contributed by atoms with E-state index < -0.39 is 0 Å². The first-order valence-corrected chi connectivity index (χ1v) is 7.17. The van der Waals surface area contributed by atoms with Crippen molar-refractivity contribution in [3.05, 3.63) is 72.6 Å². The molecule has 4 aromatic rings. The molecule has 4 rings (SSSR count). The van der Waals surface area contributed by atoms with Gasteiger partial charge in [-0.2, -0.15) is 0 Å². The molecule has 2 heterocycles. The summed E-state index contributed by atoms with van der Waals surface area (Å²) in [6.45, 7) is 2.07. The molecule has 0 radical (unpaired) electrons. The molecule has 0 amide bonds. The Labute approximate surface area is 128 Å². The minimum Gasteiger partial charge on any atom is -0.464 e. The molecule has 0 atom stereocenters. The van der Waals surface area contributed by atoms with E-state index in [4.69, 9.17) is 9.40 Å². The van der Waals surface area contributed by atoms with Crippen LogP contribution >= 0.6 is 0 Å². The smallest absolute Gasteiger partial charge is 0.133 e. The Kier molecular flexibility index (Phi) is 2.97. The Morgan fingerprint density at radius 1 is 0.864 bits per heavy atom. The predicted octanol–water partition coefficient (Wildman–Crippen LogP) is 4.87. The van der Waals surface area contributed by atoms with Gasteiger partial charge in [0.25, 0.3) is 0 Å². The zero-order valence-corrected chi connectivity index (χ0v) is 12.2. The molecule has 2 aromatic carbocycles. The van der Waals surface area contributed by atoms with Crippen LogP contribution in [-0.2, 0) is 0 Å². The van der Waals surface area contributed by atoms with Crippen molar-refractivity contribution in [2.24, 2.45) is 0 Å². The van der Waals surface area contributed by atoms with Gasteiger partial charge in [-0.3, -0.25) is 4.98 Å². The van der Waals surface area contributed by atoms with E-state index in [1.165, 1.54) is 5.56 Å². The zero-order valence-electron chi connectivity index (χ0n) is 12.2. The maximum absolute atomic E-state index is 5.50. The second-order valence-electron chi connectivity index (χ2n) is 5.31. The number of benzene rings is 2. The van der Waals surface area contributed by atoms with Crippen molar-refractivity contribution in [2.45, 2.75) is 6.92 Å². The molecule has 0 unspecified atom stereocenters. The van der Waals surface area contributed by atoms with Gasteiger partial charge < -0.3 is 4.42 Å². The van der Waals surface area contributed by atoms with Crippen molar-refractivity contribution in [3.8, 4) is 22.6 Å². The number of para-hydroxylation sites is 2. The summed E-state index contributed by atoms with van der Waals surface area (Å²) in [5, 5.41) is 0. The summed E-state index contributed by atoms with van der Waals surface area (Å²) in [6.07, 6.45) is 3.51. The third-order valence-corrected chi connectivity index (χ3v) is 3.63. The molecule has 3 heteroatoms. The van der Waals surface area contributed by atoms with E-state index in [1.54, 1.807) is 6.26 Å². The number of fused-ring (bicyclic) bond motifs is 1. The molecular weight excluding hydrogens is 272 g/mol. The van der Waals surface area contributed by atoms with Crippen molar-refractivity contribution in [2.75, 3.05) is 0 Å². The number of furan rings is 1. The molecule has 0 saturated heterocycles. The SMILES string of the molecule is Cc1cc(-c2cnc3ccccc3n2)cc(-c2ccco2)c1. The lowest BCUT2D eigenvalue weighted by Gasteiger charge is -2.06. The summed E-state index contributed by atoms with van der Waals surface area (Å²) in [4.78, 5) is 9.21. The molecule has 0 fully saturated rings. The van der Waals surface area contributed by atoms with E-state index in [0.717, 1.165) is 33.6 Å². The van der Waals surface area contributed by atoms with Crippen LogP contribution in [0.3, 0.4) is 0 Å². The Hall–Kier alpha value is -2.94. The van der Waals surface area contributed by atoms with Gasteiger partial charge in [-0.25, -0.2) is 4.98 Å². The lowest BCUT2D eigenvalue weighted by molar-refractivity contribution is 0.582. The van der Waals surface area contributed by atoms with Crippen LogP contribution in [0, 0.1) is 6.92 Å². The van der Waals surface area contributed by atoms with Crippen molar-refractivity contribution in [1.82, 2.24) is 9.97 Å². The van der Waals surface area contributed by atoms with Crippen molar-refractivity contribution in [3.63, 3.8) is 0 Å². The maximum atomic E-state index is 5.50. The minimum absolute atomic E-state index is 0.860. The monoisotopic (exact) mass is 286 g/mol. The van der Waals surface area contributed by atoms with Gasteiger partial charge in [0.1, 0.15) is 5.76 Å². The highest BCUT2D eigenvalue weighted by Gasteiger charge is 2.07. The summed E-state index contributed by atoms with van der Waals surface area (Å²) < 4.78 is 5.50. The van der Waals surface area contributed by atoms with Crippen molar-refractivity contribution >= 4 is 11.0 Å². The van der Waals surface area contributed by atoms with Crippen LogP contribution in [0.1, 0.15) is 5.56 Å². The summed E-state index contributed by atoms with van der Waals surface area (Å²) in [6, 6.07) is 18.1. The topological polar surface area (TPSA) is 38.9 Å². The normalized spacial score (nSPS) is 11.0. The predicted molar refractivity (Wildman–Crippen MR) is 87.4 cm³/mol. The highest BCUT2D eigenvalue weighted by Crippen LogP contribution is 2.28. The Balaban J connectivity index is 1.87. The maximum Gasteiger partial charge on any atom is 0.133 e. The van der Waals surface area contributed by atoms with Crippen LogP contribution in [0.4, 0.5) is 0 Å². The molecule has 2 aromatic heterocycles. The van der Waals surface area contributed by atoms with E-state index in [1.807, 2.05) is 42.6 Å².